The lowest BCUT2D eigenvalue weighted by Gasteiger charge is -2.42. The van der Waals surface area contributed by atoms with Gasteiger partial charge in [0.05, 0.1) is 0 Å². The van der Waals surface area contributed by atoms with Gasteiger partial charge in [-0.15, -0.1) is 24.0 Å². The van der Waals surface area contributed by atoms with E-state index in [1.54, 1.807) is 10.9 Å². The van der Waals surface area contributed by atoms with Crippen LogP contribution in [0.5, 0.6) is 0 Å². The number of nitrogens with one attached hydrogen (secondary N) is 1. The maximum Gasteiger partial charge on any atom is 0.193 e. The van der Waals surface area contributed by atoms with Crippen molar-refractivity contribution in [3.8, 4) is 5.82 Å². The summed E-state index contributed by atoms with van der Waals surface area (Å²) in [6, 6.07) is 5.99. The van der Waals surface area contributed by atoms with Crippen molar-refractivity contribution in [2.45, 2.75) is 46.1 Å². The molecule has 0 saturated carbocycles. The van der Waals surface area contributed by atoms with Crippen LogP contribution in [0, 0.1) is 5.41 Å². The van der Waals surface area contributed by atoms with E-state index in [4.69, 9.17) is 0 Å². The molecule has 0 bridgehead atoms. The molecule has 1 N–H and O–H groups in total. The number of rotatable bonds is 5. The third kappa shape index (κ3) is 5.67. The van der Waals surface area contributed by atoms with Gasteiger partial charge in [0.2, 0.25) is 0 Å². The van der Waals surface area contributed by atoms with Gasteiger partial charge in [0.25, 0.3) is 0 Å². The lowest BCUT2D eigenvalue weighted by molar-refractivity contribution is 0.142. The highest BCUT2D eigenvalue weighted by Crippen LogP contribution is 2.33. The Balaban J connectivity index is 0.00000261. The number of aromatic nitrogens is 3. The van der Waals surface area contributed by atoms with E-state index in [1.165, 1.54) is 31.2 Å². The smallest absolute Gasteiger partial charge is 0.193 e. The highest BCUT2D eigenvalue weighted by molar-refractivity contribution is 14.0. The highest BCUT2D eigenvalue weighted by Gasteiger charge is 2.31. The Morgan fingerprint density at radius 1 is 1.37 bits per heavy atom. The molecule has 1 unspecified atom stereocenters. The van der Waals surface area contributed by atoms with E-state index in [1.807, 2.05) is 31.6 Å². The van der Waals surface area contributed by atoms with Gasteiger partial charge >= 0.3 is 0 Å². The number of hydrogen-bond acceptors (Lipinski definition) is 3. The van der Waals surface area contributed by atoms with Crippen LogP contribution in [0.4, 0.5) is 0 Å². The van der Waals surface area contributed by atoms with Gasteiger partial charge in [0, 0.05) is 45.3 Å². The summed E-state index contributed by atoms with van der Waals surface area (Å²) in [6.07, 6.45) is 10.6. The molecule has 27 heavy (non-hydrogen) atoms. The van der Waals surface area contributed by atoms with E-state index in [9.17, 15) is 0 Å². The molecule has 2 aromatic heterocycles. The van der Waals surface area contributed by atoms with Gasteiger partial charge in [-0.1, -0.05) is 20.3 Å². The molecule has 1 aliphatic rings. The first kappa shape index (κ1) is 21.7. The van der Waals surface area contributed by atoms with Crippen LogP contribution < -0.4 is 5.32 Å². The first-order valence-corrected chi connectivity index (χ1v) is 9.54. The Labute approximate surface area is 179 Å². The number of guanidine groups is 1. The Hall–Kier alpha value is -1.64. The van der Waals surface area contributed by atoms with Crippen LogP contribution in [0.3, 0.4) is 0 Å². The normalized spacial score (nSPS) is 20.3. The van der Waals surface area contributed by atoms with Crippen molar-refractivity contribution in [2.24, 2.45) is 10.4 Å². The topological polar surface area (TPSA) is 58.3 Å². The van der Waals surface area contributed by atoms with E-state index < -0.39 is 0 Å². The quantitative estimate of drug-likeness (QED) is 0.400. The van der Waals surface area contributed by atoms with Gasteiger partial charge < -0.3 is 10.2 Å². The Morgan fingerprint density at radius 3 is 2.93 bits per heavy atom. The van der Waals surface area contributed by atoms with E-state index in [-0.39, 0.29) is 24.0 Å². The van der Waals surface area contributed by atoms with Gasteiger partial charge in [-0.2, -0.15) is 5.10 Å². The Morgan fingerprint density at radius 2 is 2.22 bits per heavy atom. The number of piperidine rings is 1. The lowest BCUT2D eigenvalue weighted by atomic mass is 9.78. The van der Waals surface area contributed by atoms with E-state index >= 15 is 0 Å². The number of nitrogens with zero attached hydrogens (tertiary/aromatic N) is 5. The zero-order chi connectivity index (χ0) is 18.4. The summed E-state index contributed by atoms with van der Waals surface area (Å²) in [6.45, 7) is 7.57. The third-order valence-electron chi connectivity index (χ3n) is 5.15. The van der Waals surface area contributed by atoms with Crippen molar-refractivity contribution in [2.75, 3.05) is 20.1 Å². The van der Waals surface area contributed by atoms with Crippen LogP contribution in [0.25, 0.3) is 5.82 Å². The molecule has 0 aromatic carbocycles. The number of halogens is 1. The van der Waals surface area contributed by atoms with Crippen molar-refractivity contribution in [1.82, 2.24) is 25.0 Å². The molecule has 3 heterocycles. The molecule has 3 rings (SSSR count). The summed E-state index contributed by atoms with van der Waals surface area (Å²) < 4.78 is 1.78. The first-order chi connectivity index (χ1) is 12.6. The van der Waals surface area contributed by atoms with Crippen molar-refractivity contribution in [3.63, 3.8) is 0 Å². The molecule has 2 aromatic rings. The monoisotopic (exact) mass is 482 g/mol. The number of hydrogen-bond donors (Lipinski definition) is 1. The van der Waals surface area contributed by atoms with Crippen molar-refractivity contribution in [1.29, 1.82) is 0 Å². The summed E-state index contributed by atoms with van der Waals surface area (Å²) in [7, 11) is 1.87. The van der Waals surface area contributed by atoms with Crippen molar-refractivity contribution >= 4 is 29.9 Å². The van der Waals surface area contributed by atoms with Crippen LogP contribution in [0.15, 0.2) is 41.8 Å². The molecule has 0 aliphatic carbocycles. The SMILES string of the molecule is CCCC1(C)CCCN(C(=NC)NCc2ccnc(-n3cccn3)c2)C1.I. The van der Waals surface area contributed by atoms with E-state index in [0.717, 1.165) is 31.4 Å². The molecule has 7 heteroatoms. The zero-order valence-electron chi connectivity index (χ0n) is 16.6. The molecular formula is C20H31IN6. The van der Waals surface area contributed by atoms with E-state index in [0.29, 0.717) is 5.41 Å². The van der Waals surface area contributed by atoms with Crippen LogP contribution >= 0.6 is 24.0 Å². The molecule has 0 spiro atoms. The van der Waals surface area contributed by atoms with Gasteiger partial charge in [-0.3, -0.25) is 4.99 Å². The Kier molecular flexibility index (Phi) is 8.07. The van der Waals surface area contributed by atoms with E-state index in [2.05, 4.69) is 45.2 Å². The average Bonchev–Trinajstić information content (AvgIpc) is 3.17. The minimum atomic E-state index is 0. The molecule has 1 fully saturated rings. The predicted molar refractivity (Wildman–Crippen MR) is 121 cm³/mol. The summed E-state index contributed by atoms with van der Waals surface area (Å²) >= 11 is 0. The maximum atomic E-state index is 4.52. The summed E-state index contributed by atoms with van der Waals surface area (Å²) in [5, 5.41) is 7.77. The number of aliphatic imine (C=N–C) groups is 1. The molecule has 1 saturated heterocycles. The predicted octanol–water partition coefficient (Wildman–Crippen LogP) is 3.86. The summed E-state index contributed by atoms with van der Waals surface area (Å²) in [5.74, 6) is 1.82. The third-order valence-corrected chi connectivity index (χ3v) is 5.15. The lowest BCUT2D eigenvalue weighted by Crippen LogP contribution is -2.49. The van der Waals surface area contributed by atoms with Crippen molar-refractivity contribution < 1.29 is 0 Å². The second-order valence-corrected chi connectivity index (χ2v) is 7.46. The fourth-order valence-electron chi connectivity index (χ4n) is 3.92. The molecular weight excluding hydrogens is 451 g/mol. The molecule has 1 atom stereocenters. The molecule has 0 amide bonds. The standard InChI is InChI=1S/C20H30N6.HI/c1-4-8-20(2)9-5-12-25(16-20)19(21-3)23-15-17-7-11-22-18(14-17)26-13-6-10-24-26;/h6-7,10-11,13-14H,4-5,8-9,12,15-16H2,1-3H3,(H,21,23);1H. The van der Waals surface area contributed by atoms with Crippen LogP contribution in [0.1, 0.15) is 45.1 Å². The zero-order valence-corrected chi connectivity index (χ0v) is 18.9. The van der Waals surface area contributed by atoms with Crippen LogP contribution in [-0.2, 0) is 6.54 Å². The second-order valence-electron chi connectivity index (χ2n) is 7.46. The minimum Gasteiger partial charge on any atom is -0.352 e. The van der Waals surface area contributed by atoms with Crippen molar-refractivity contribution in [3.05, 3.63) is 42.4 Å². The van der Waals surface area contributed by atoms with Crippen LogP contribution in [0.2, 0.25) is 0 Å². The minimum absolute atomic E-state index is 0. The number of likely N-dealkylation sites (tertiary alicyclic amines) is 1. The van der Waals surface area contributed by atoms with Crippen LogP contribution in [-0.4, -0.2) is 45.8 Å². The fraction of sp³-hybridized carbons (Fsp3) is 0.550. The molecule has 1 aliphatic heterocycles. The largest absolute Gasteiger partial charge is 0.352 e. The average molecular weight is 482 g/mol. The van der Waals surface area contributed by atoms with Gasteiger partial charge in [0.15, 0.2) is 11.8 Å². The molecule has 148 valence electrons. The number of pyridine rings is 1. The Bertz CT molecular complexity index is 726. The van der Waals surface area contributed by atoms with Gasteiger partial charge in [-0.05, 0) is 48.4 Å². The maximum absolute atomic E-state index is 4.52. The summed E-state index contributed by atoms with van der Waals surface area (Å²) in [4.78, 5) is 11.3. The summed E-state index contributed by atoms with van der Waals surface area (Å²) in [5.41, 5.74) is 1.56. The fourth-order valence-corrected chi connectivity index (χ4v) is 3.92. The highest BCUT2D eigenvalue weighted by atomic mass is 127. The first-order valence-electron chi connectivity index (χ1n) is 9.54. The molecule has 6 nitrogen and oxygen atoms in total. The molecule has 0 radical (unpaired) electrons. The van der Waals surface area contributed by atoms with Gasteiger partial charge in [-0.25, -0.2) is 9.67 Å². The second kappa shape index (κ2) is 10.1. The van der Waals surface area contributed by atoms with Gasteiger partial charge in [0.1, 0.15) is 0 Å².